The summed E-state index contributed by atoms with van der Waals surface area (Å²) in [7, 11) is 0. The standard InChI is InChI=1S/C26H25N7O2/c34-25(16-3-4-16)29-22-7-8-27-15-23(22)30-26(35)24-20-12-17(5-6-21(20)31-32-24)18-11-19(14-28-13-18)33-9-1-2-10-33/h5-8,11-16H,1-4,9-10H2,(H,30,35)(H,31,32)(H,27,29,34). The molecule has 1 aromatic carbocycles. The smallest absolute Gasteiger partial charge is 0.276 e. The molecule has 4 heterocycles. The number of hydrogen-bond donors (Lipinski definition) is 3. The van der Waals surface area contributed by atoms with E-state index in [4.69, 9.17) is 0 Å². The zero-order chi connectivity index (χ0) is 23.8. The van der Waals surface area contributed by atoms with Gasteiger partial charge >= 0.3 is 0 Å². The van der Waals surface area contributed by atoms with Gasteiger partial charge in [0.25, 0.3) is 5.91 Å². The van der Waals surface area contributed by atoms with Crippen molar-refractivity contribution in [3.05, 3.63) is 60.8 Å². The Hall–Kier alpha value is -4.27. The van der Waals surface area contributed by atoms with Gasteiger partial charge in [-0.3, -0.25) is 24.7 Å². The number of fused-ring (bicyclic) bond motifs is 1. The highest BCUT2D eigenvalue weighted by molar-refractivity contribution is 6.13. The van der Waals surface area contributed by atoms with Crippen molar-refractivity contribution in [3.8, 4) is 11.1 Å². The van der Waals surface area contributed by atoms with Gasteiger partial charge < -0.3 is 15.5 Å². The molecule has 4 aromatic rings. The number of nitrogens with zero attached hydrogens (tertiary/aromatic N) is 4. The minimum Gasteiger partial charge on any atom is -0.370 e. The minimum absolute atomic E-state index is 0.0358. The maximum atomic E-state index is 13.2. The molecule has 0 bridgehead atoms. The molecule has 2 aliphatic rings. The van der Waals surface area contributed by atoms with Gasteiger partial charge in [0, 0.05) is 42.4 Å². The van der Waals surface area contributed by atoms with Crippen LogP contribution in [0.1, 0.15) is 36.2 Å². The van der Waals surface area contributed by atoms with Crippen LogP contribution < -0.4 is 15.5 Å². The van der Waals surface area contributed by atoms with Gasteiger partial charge in [-0.2, -0.15) is 5.10 Å². The van der Waals surface area contributed by atoms with Crippen LogP contribution in [0.5, 0.6) is 0 Å². The Balaban J connectivity index is 1.27. The number of H-pyrrole nitrogens is 1. The van der Waals surface area contributed by atoms with Gasteiger partial charge in [-0.05, 0) is 55.5 Å². The van der Waals surface area contributed by atoms with Gasteiger partial charge in [0.2, 0.25) is 5.91 Å². The highest BCUT2D eigenvalue weighted by atomic mass is 16.2. The fraction of sp³-hybridized carbons (Fsp3) is 0.269. The van der Waals surface area contributed by atoms with Gasteiger partial charge in [0.1, 0.15) is 0 Å². The van der Waals surface area contributed by atoms with Crippen LogP contribution in [0.4, 0.5) is 17.1 Å². The summed E-state index contributed by atoms with van der Waals surface area (Å²) in [5.41, 5.74) is 5.05. The van der Waals surface area contributed by atoms with Crippen molar-refractivity contribution < 1.29 is 9.59 Å². The lowest BCUT2D eigenvalue weighted by Crippen LogP contribution is -2.18. The number of benzene rings is 1. The Morgan fingerprint density at radius 3 is 2.60 bits per heavy atom. The molecular formula is C26H25N7O2. The van der Waals surface area contributed by atoms with Crippen molar-refractivity contribution in [3.63, 3.8) is 0 Å². The van der Waals surface area contributed by atoms with E-state index in [9.17, 15) is 9.59 Å². The molecule has 1 saturated carbocycles. The highest BCUT2D eigenvalue weighted by Gasteiger charge is 2.30. The van der Waals surface area contributed by atoms with Crippen molar-refractivity contribution in [2.75, 3.05) is 28.6 Å². The summed E-state index contributed by atoms with van der Waals surface area (Å²) >= 11 is 0. The molecule has 2 fully saturated rings. The lowest BCUT2D eigenvalue weighted by atomic mass is 10.0. The number of rotatable bonds is 6. The van der Waals surface area contributed by atoms with E-state index >= 15 is 0 Å². The highest BCUT2D eigenvalue weighted by Crippen LogP contribution is 2.32. The second-order valence-corrected chi connectivity index (χ2v) is 9.10. The topological polar surface area (TPSA) is 116 Å². The van der Waals surface area contributed by atoms with Crippen LogP contribution in [-0.4, -0.2) is 45.1 Å². The summed E-state index contributed by atoms with van der Waals surface area (Å²) in [4.78, 5) is 36.3. The third-order valence-corrected chi connectivity index (χ3v) is 6.58. The van der Waals surface area contributed by atoms with Crippen LogP contribution in [0.25, 0.3) is 22.0 Å². The van der Waals surface area contributed by atoms with Crippen molar-refractivity contribution in [2.24, 2.45) is 5.92 Å². The average Bonchev–Trinajstić information content (AvgIpc) is 3.42. The molecule has 0 radical (unpaired) electrons. The number of aromatic nitrogens is 4. The number of aromatic amines is 1. The maximum Gasteiger partial charge on any atom is 0.276 e. The van der Waals surface area contributed by atoms with E-state index in [1.165, 1.54) is 19.0 Å². The third kappa shape index (κ3) is 4.32. The molecule has 0 unspecified atom stereocenters. The van der Waals surface area contributed by atoms with Gasteiger partial charge in [0.15, 0.2) is 5.69 Å². The predicted octanol–water partition coefficient (Wildman–Crippen LogP) is 4.22. The van der Waals surface area contributed by atoms with Crippen LogP contribution >= 0.6 is 0 Å². The van der Waals surface area contributed by atoms with Crippen molar-refractivity contribution in [1.29, 1.82) is 0 Å². The van der Waals surface area contributed by atoms with Gasteiger partial charge in [-0.15, -0.1) is 0 Å². The summed E-state index contributed by atoms with van der Waals surface area (Å²) in [5.74, 6) is -0.363. The molecule has 0 spiro atoms. The quantitative estimate of drug-likeness (QED) is 0.391. The van der Waals surface area contributed by atoms with E-state index in [1.54, 1.807) is 12.3 Å². The number of nitrogens with one attached hydrogen (secondary N) is 3. The fourth-order valence-electron chi connectivity index (χ4n) is 4.47. The minimum atomic E-state index is -0.382. The molecule has 1 aliphatic carbocycles. The van der Waals surface area contributed by atoms with Crippen LogP contribution in [0.2, 0.25) is 0 Å². The molecule has 35 heavy (non-hydrogen) atoms. The predicted molar refractivity (Wildman–Crippen MR) is 134 cm³/mol. The first-order chi connectivity index (χ1) is 17.2. The van der Waals surface area contributed by atoms with Gasteiger partial charge in [0.05, 0.1) is 35.0 Å². The van der Waals surface area contributed by atoms with Crippen LogP contribution in [0.15, 0.2) is 55.1 Å². The lowest BCUT2D eigenvalue weighted by Gasteiger charge is -2.17. The Labute approximate surface area is 202 Å². The van der Waals surface area contributed by atoms with Crippen molar-refractivity contribution in [1.82, 2.24) is 20.2 Å². The summed E-state index contributed by atoms with van der Waals surface area (Å²) in [6.45, 7) is 2.10. The average molecular weight is 468 g/mol. The molecule has 6 rings (SSSR count). The SMILES string of the molecule is O=C(Nc1cnccc1NC(=O)C1CC1)c1n[nH]c2ccc(-c3cncc(N4CCCC4)c3)cc12. The summed E-state index contributed by atoms with van der Waals surface area (Å²) in [6, 6.07) is 9.69. The van der Waals surface area contributed by atoms with E-state index in [1.807, 2.05) is 30.6 Å². The number of pyridine rings is 2. The molecule has 2 amide bonds. The Morgan fingerprint density at radius 2 is 1.77 bits per heavy atom. The summed E-state index contributed by atoms with van der Waals surface area (Å²) in [5, 5.41) is 13.7. The number of anilines is 3. The number of amides is 2. The second kappa shape index (κ2) is 8.83. The summed E-state index contributed by atoms with van der Waals surface area (Å²) in [6.07, 6.45) is 11.0. The Kier molecular flexibility index (Phi) is 5.36. The number of carbonyl (C=O) groups is 2. The fourth-order valence-corrected chi connectivity index (χ4v) is 4.47. The molecule has 3 N–H and O–H groups in total. The monoisotopic (exact) mass is 467 g/mol. The first-order valence-corrected chi connectivity index (χ1v) is 11.9. The maximum absolute atomic E-state index is 13.2. The Morgan fingerprint density at radius 1 is 0.914 bits per heavy atom. The van der Waals surface area contributed by atoms with E-state index < -0.39 is 0 Å². The normalized spacial score (nSPS) is 15.4. The van der Waals surface area contributed by atoms with Crippen LogP contribution in [0, 0.1) is 5.92 Å². The molecule has 1 saturated heterocycles. The largest absolute Gasteiger partial charge is 0.370 e. The first-order valence-electron chi connectivity index (χ1n) is 11.9. The van der Waals surface area contributed by atoms with E-state index in [0.717, 1.165) is 48.3 Å². The molecule has 9 nitrogen and oxygen atoms in total. The van der Waals surface area contributed by atoms with Crippen LogP contribution in [-0.2, 0) is 4.79 Å². The second-order valence-electron chi connectivity index (χ2n) is 9.10. The van der Waals surface area contributed by atoms with Crippen LogP contribution in [0.3, 0.4) is 0 Å². The molecular weight excluding hydrogens is 442 g/mol. The van der Waals surface area contributed by atoms with Gasteiger partial charge in [-0.1, -0.05) is 6.07 Å². The summed E-state index contributed by atoms with van der Waals surface area (Å²) < 4.78 is 0. The van der Waals surface area contributed by atoms with Crippen molar-refractivity contribution >= 4 is 39.8 Å². The van der Waals surface area contributed by atoms with Gasteiger partial charge in [-0.25, -0.2) is 0 Å². The zero-order valence-corrected chi connectivity index (χ0v) is 19.1. The Bertz CT molecular complexity index is 1420. The zero-order valence-electron chi connectivity index (χ0n) is 19.1. The third-order valence-electron chi connectivity index (χ3n) is 6.58. The molecule has 9 heteroatoms. The van der Waals surface area contributed by atoms with E-state index in [-0.39, 0.29) is 23.4 Å². The van der Waals surface area contributed by atoms with Crippen molar-refractivity contribution in [2.45, 2.75) is 25.7 Å². The van der Waals surface area contributed by atoms with E-state index in [2.05, 4.69) is 41.8 Å². The molecule has 0 atom stereocenters. The first kappa shape index (κ1) is 21.3. The number of carbonyl (C=O) groups excluding carboxylic acids is 2. The van der Waals surface area contributed by atoms with E-state index in [0.29, 0.717) is 16.8 Å². The molecule has 3 aromatic heterocycles. The number of hydrogen-bond acceptors (Lipinski definition) is 6. The molecule has 176 valence electrons. The lowest BCUT2D eigenvalue weighted by molar-refractivity contribution is -0.117. The molecule has 1 aliphatic heterocycles.